The van der Waals surface area contributed by atoms with Gasteiger partial charge in [0.15, 0.2) is 0 Å². The van der Waals surface area contributed by atoms with Gasteiger partial charge in [0.1, 0.15) is 17.1 Å². The summed E-state index contributed by atoms with van der Waals surface area (Å²) in [4.78, 5) is 0. The molecule has 35 heavy (non-hydrogen) atoms. The maximum atomic E-state index is 11.3. The molecule has 2 rings (SSSR count). The quantitative estimate of drug-likeness (QED) is 0.356. The van der Waals surface area contributed by atoms with Crippen LogP contribution in [0.25, 0.3) is 0 Å². The second-order valence-electron chi connectivity index (χ2n) is 13.4. The molecule has 2 heteroatoms. The molecule has 0 aromatic heterocycles. The molecular weight excluding hydrogens is 428 g/mol. The van der Waals surface area contributed by atoms with Crippen molar-refractivity contribution in [1.29, 1.82) is 0 Å². The standard InChI is InChI=1S/C33H52O2/c1-23(2)15-12-16-24(3)17-13-18-25(4)19-14-20-33(11)22-26-28(35-33)21-27(31(5,6)7)30(34)29(26)32(8,9)10/h15,17,19,21,34H,12-14,16,18,20,22H2,1-11H3. The minimum Gasteiger partial charge on any atom is -0.507 e. The van der Waals surface area contributed by atoms with Crippen LogP contribution in [0.5, 0.6) is 11.5 Å². The molecule has 2 nitrogen and oxygen atoms in total. The van der Waals surface area contributed by atoms with Crippen molar-refractivity contribution in [3.8, 4) is 11.5 Å². The smallest absolute Gasteiger partial charge is 0.124 e. The fraction of sp³-hybridized carbons (Fsp3) is 0.636. The highest BCUT2D eigenvalue weighted by molar-refractivity contribution is 5.59. The van der Waals surface area contributed by atoms with Crippen LogP contribution in [0.4, 0.5) is 0 Å². The molecule has 1 unspecified atom stereocenters. The van der Waals surface area contributed by atoms with Gasteiger partial charge in [-0.05, 0) is 90.0 Å². The Hall–Kier alpha value is -1.96. The van der Waals surface area contributed by atoms with Gasteiger partial charge in [0.05, 0.1) is 0 Å². The molecule has 0 bridgehead atoms. The van der Waals surface area contributed by atoms with Crippen molar-refractivity contribution in [2.45, 2.75) is 138 Å². The van der Waals surface area contributed by atoms with Gasteiger partial charge in [-0.2, -0.15) is 0 Å². The van der Waals surface area contributed by atoms with E-state index < -0.39 is 0 Å². The molecule has 0 spiro atoms. The van der Waals surface area contributed by atoms with Crippen molar-refractivity contribution in [2.75, 3.05) is 0 Å². The third kappa shape index (κ3) is 8.29. The molecule has 1 atom stereocenters. The summed E-state index contributed by atoms with van der Waals surface area (Å²) in [5, 5.41) is 11.3. The zero-order chi connectivity index (χ0) is 26.6. The number of rotatable bonds is 9. The summed E-state index contributed by atoms with van der Waals surface area (Å²) in [6.07, 6.45) is 14.5. The lowest BCUT2D eigenvalue weighted by molar-refractivity contribution is 0.107. The summed E-state index contributed by atoms with van der Waals surface area (Å²) >= 11 is 0. The van der Waals surface area contributed by atoms with E-state index in [2.05, 4.69) is 100 Å². The van der Waals surface area contributed by atoms with E-state index in [0.717, 1.165) is 61.8 Å². The molecule has 0 radical (unpaired) electrons. The summed E-state index contributed by atoms with van der Waals surface area (Å²) in [7, 11) is 0. The highest BCUT2D eigenvalue weighted by Crippen LogP contribution is 2.50. The molecule has 0 saturated carbocycles. The van der Waals surface area contributed by atoms with Gasteiger partial charge in [0.2, 0.25) is 0 Å². The minimum absolute atomic E-state index is 0.139. The topological polar surface area (TPSA) is 29.5 Å². The fourth-order valence-electron chi connectivity index (χ4n) is 5.11. The van der Waals surface area contributed by atoms with Gasteiger partial charge in [-0.1, -0.05) is 76.5 Å². The Balaban J connectivity index is 2.04. The molecule has 0 aliphatic carbocycles. The van der Waals surface area contributed by atoms with E-state index in [9.17, 15) is 5.11 Å². The SMILES string of the molecule is CC(C)=CCCC(C)=CCCC(C)=CCCC1(C)Cc2c(cc(C(C)(C)C)c(O)c2C(C)(C)C)O1. The monoisotopic (exact) mass is 480 g/mol. The predicted molar refractivity (Wildman–Crippen MR) is 153 cm³/mol. The highest BCUT2D eigenvalue weighted by Gasteiger charge is 2.40. The lowest BCUT2D eigenvalue weighted by Crippen LogP contribution is -2.30. The molecule has 1 N–H and O–H groups in total. The minimum atomic E-state index is -0.233. The van der Waals surface area contributed by atoms with Crippen molar-refractivity contribution in [3.05, 3.63) is 57.7 Å². The van der Waals surface area contributed by atoms with E-state index in [-0.39, 0.29) is 16.4 Å². The van der Waals surface area contributed by atoms with Crippen molar-refractivity contribution >= 4 is 0 Å². The summed E-state index contributed by atoms with van der Waals surface area (Å²) in [6, 6.07) is 2.10. The van der Waals surface area contributed by atoms with E-state index >= 15 is 0 Å². The summed E-state index contributed by atoms with van der Waals surface area (Å²) in [5.74, 6) is 1.42. The first kappa shape index (κ1) is 29.3. The molecule has 1 heterocycles. The van der Waals surface area contributed by atoms with Gasteiger partial charge in [0.25, 0.3) is 0 Å². The van der Waals surface area contributed by atoms with Crippen molar-refractivity contribution in [3.63, 3.8) is 0 Å². The zero-order valence-corrected chi connectivity index (χ0v) is 24.6. The highest BCUT2D eigenvalue weighted by atomic mass is 16.5. The van der Waals surface area contributed by atoms with Crippen LogP contribution in [0.3, 0.4) is 0 Å². The molecule has 196 valence electrons. The molecule has 0 fully saturated rings. The van der Waals surface area contributed by atoms with E-state index in [1.54, 1.807) is 0 Å². The van der Waals surface area contributed by atoms with E-state index in [0.29, 0.717) is 5.75 Å². The van der Waals surface area contributed by atoms with Crippen LogP contribution in [0, 0.1) is 0 Å². The maximum Gasteiger partial charge on any atom is 0.124 e. The number of hydrogen-bond donors (Lipinski definition) is 1. The van der Waals surface area contributed by atoms with Gasteiger partial charge in [-0.3, -0.25) is 0 Å². The second-order valence-corrected chi connectivity index (χ2v) is 13.4. The number of hydrogen-bond acceptors (Lipinski definition) is 2. The Kier molecular flexibility index (Phi) is 9.53. The zero-order valence-electron chi connectivity index (χ0n) is 24.6. The molecular formula is C33H52O2. The van der Waals surface area contributed by atoms with Crippen molar-refractivity contribution in [1.82, 2.24) is 0 Å². The molecule has 1 aromatic carbocycles. The maximum absolute atomic E-state index is 11.3. The van der Waals surface area contributed by atoms with Gasteiger partial charge < -0.3 is 9.84 Å². The van der Waals surface area contributed by atoms with Gasteiger partial charge in [-0.15, -0.1) is 0 Å². The normalized spacial score (nSPS) is 18.9. The summed E-state index contributed by atoms with van der Waals surface area (Å²) in [6.45, 7) is 24.1. The summed E-state index contributed by atoms with van der Waals surface area (Å²) in [5.41, 5.74) is 7.07. The average Bonchev–Trinajstić information content (AvgIpc) is 3.00. The van der Waals surface area contributed by atoms with E-state index in [1.807, 2.05) is 0 Å². The van der Waals surface area contributed by atoms with Crippen LogP contribution < -0.4 is 4.74 Å². The number of fused-ring (bicyclic) bond motifs is 1. The average molecular weight is 481 g/mol. The second kappa shape index (κ2) is 11.4. The van der Waals surface area contributed by atoms with E-state index in [1.165, 1.54) is 22.3 Å². The van der Waals surface area contributed by atoms with Crippen LogP contribution in [0.2, 0.25) is 0 Å². The molecule has 0 amide bonds. The van der Waals surface area contributed by atoms with Crippen LogP contribution in [-0.4, -0.2) is 10.7 Å². The predicted octanol–water partition coefficient (Wildman–Crippen LogP) is 9.88. The number of phenols is 1. The Morgan fingerprint density at radius 1 is 0.886 bits per heavy atom. The number of benzene rings is 1. The molecule has 1 aliphatic rings. The third-order valence-electron chi connectivity index (χ3n) is 7.12. The fourth-order valence-corrected chi connectivity index (χ4v) is 5.11. The molecule has 1 aromatic rings. The number of ether oxygens (including phenoxy) is 1. The lowest BCUT2D eigenvalue weighted by atomic mass is 9.76. The van der Waals surface area contributed by atoms with Crippen molar-refractivity contribution < 1.29 is 9.84 Å². The van der Waals surface area contributed by atoms with Gasteiger partial charge in [-0.25, -0.2) is 0 Å². The lowest BCUT2D eigenvalue weighted by Gasteiger charge is -2.29. The Morgan fingerprint density at radius 3 is 1.94 bits per heavy atom. The number of aromatic hydroxyl groups is 1. The molecule has 0 saturated heterocycles. The first-order chi connectivity index (χ1) is 16.0. The number of phenolic OH excluding ortho intramolecular Hbond substituents is 1. The molecule has 1 aliphatic heterocycles. The first-order valence-corrected chi connectivity index (χ1v) is 13.6. The van der Waals surface area contributed by atoms with Crippen molar-refractivity contribution in [2.24, 2.45) is 0 Å². The number of allylic oxidation sites excluding steroid dienone is 6. The van der Waals surface area contributed by atoms with Crippen LogP contribution in [0.15, 0.2) is 41.0 Å². The Labute approximate surface area is 216 Å². The largest absolute Gasteiger partial charge is 0.507 e. The van der Waals surface area contributed by atoms with E-state index in [4.69, 9.17) is 4.74 Å². The van der Waals surface area contributed by atoms with Gasteiger partial charge in [0, 0.05) is 23.1 Å². The van der Waals surface area contributed by atoms with Crippen LogP contribution >= 0.6 is 0 Å². The van der Waals surface area contributed by atoms with Crippen LogP contribution in [0.1, 0.15) is 131 Å². The van der Waals surface area contributed by atoms with Gasteiger partial charge >= 0.3 is 0 Å². The Morgan fingerprint density at radius 2 is 1.43 bits per heavy atom. The van der Waals surface area contributed by atoms with Crippen LogP contribution in [-0.2, 0) is 17.3 Å². The third-order valence-corrected chi connectivity index (χ3v) is 7.12. The summed E-state index contributed by atoms with van der Waals surface area (Å²) < 4.78 is 6.62. The Bertz CT molecular complexity index is 972. The first-order valence-electron chi connectivity index (χ1n) is 13.6.